The number of thiophene rings is 3. The number of nitrogens with two attached hydrogens (primary N) is 2. The van der Waals surface area contributed by atoms with E-state index in [-0.39, 0.29) is 31.5 Å². The van der Waals surface area contributed by atoms with Crippen molar-refractivity contribution in [1.29, 1.82) is 0 Å². The summed E-state index contributed by atoms with van der Waals surface area (Å²) in [5, 5.41) is 2.50. The second-order valence-electron chi connectivity index (χ2n) is 7.31. The molecule has 0 aliphatic heterocycles. The van der Waals surface area contributed by atoms with Gasteiger partial charge in [0.1, 0.15) is 15.0 Å². The quantitative estimate of drug-likeness (QED) is 0.233. The van der Waals surface area contributed by atoms with Gasteiger partial charge in [-0.1, -0.05) is 25.2 Å². The summed E-state index contributed by atoms with van der Waals surface area (Å²) in [7, 11) is 0. The predicted octanol–water partition coefficient (Wildman–Crippen LogP) is 4.85. The van der Waals surface area contributed by atoms with Gasteiger partial charge in [0.2, 0.25) is 0 Å². The first-order chi connectivity index (χ1) is 19.7. The Morgan fingerprint density at radius 2 is 1.17 bits per heavy atom. The molecule has 4 N–H and O–H groups in total. The van der Waals surface area contributed by atoms with Crippen LogP contribution in [0.25, 0.3) is 0 Å². The molecule has 41 heavy (non-hydrogen) atoms. The lowest BCUT2D eigenvalue weighted by atomic mass is 10.1. The van der Waals surface area contributed by atoms with Crippen molar-refractivity contribution in [3.63, 3.8) is 0 Å². The summed E-state index contributed by atoms with van der Waals surface area (Å²) in [6, 6.07) is 3.71. The molecular weight excluding hydrogens is 593 g/mol. The van der Waals surface area contributed by atoms with Crippen molar-refractivity contribution in [3.05, 3.63) is 44.1 Å². The third-order valence-corrected chi connectivity index (χ3v) is 7.89. The summed E-state index contributed by atoms with van der Waals surface area (Å²) in [4.78, 5) is 67.8. The smallest absolute Gasteiger partial charge is 0.373 e. The van der Waals surface area contributed by atoms with Crippen LogP contribution >= 0.6 is 34.0 Å². The van der Waals surface area contributed by atoms with Crippen LogP contribution in [0.2, 0.25) is 0 Å². The minimum absolute atomic E-state index is 0.250. The fourth-order valence-corrected chi connectivity index (χ4v) is 6.20. The lowest BCUT2D eigenvalue weighted by molar-refractivity contribution is -0.193. The van der Waals surface area contributed by atoms with Crippen LogP contribution in [0.1, 0.15) is 69.3 Å². The fraction of sp³-hybridized carbons (Fsp3) is 0.308. The molecule has 0 aliphatic rings. The number of esters is 2. The predicted molar refractivity (Wildman–Crippen MR) is 157 cm³/mol. The van der Waals surface area contributed by atoms with E-state index in [1.807, 2.05) is 26.0 Å². The van der Waals surface area contributed by atoms with E-state index in [1.54, 1.807) is 26.3 Å². The Morgan fingerprint density at radius 1 is 0.732 bits per heavy atom. The van der Waals surface area contributed by atoms with Gasteiger partial charge in [-0.05, 0) is 44.4 Å². The van der Waals surface area contributed by atoms with E-state index >= 15 is 0 Å². The number of carbonyl (C=O) groups excluding carboxylic acids is 6. The molecule has 3 rings (SSSR count). The maximum atomic E-state index is 12.5. The van der Waals surface area contributed by atoms with Gasteiger partial charge in [0.05, 0.1) is 39.1 Å². The molecule has 0 radical (unpaired) electrons. The summed E-state index contributed by atoms with van der Waals surface area (Å²) in [6.07, 6.45) is 5.13. The van der Waals surface area contributed by atoms with Crippen molar-refractivity contribution in [2.45, 2.75) is 40.5 Å². The molecule has 0 unspecified atom stereocenters. The average molecular weight is 621 g/mol. The van der Waals surface area contributed by atoms with Crippen LogP contribution in [-0.2, 0) is 41.5 Å². The zero-order valence-corrected chi connectivity index (χ0v) is 25.1. The number of carbonyl (C=O) groups is 2. The Morgan fingerprint density at radius 3 is 1.63 bits per heavy atom. The molecule has 0 fully saturated rings. The van der Waals surface area contributed by atoms with E-state index in [2.05, 4.69) is 9.98 Å². The molecule has 3 aromatic rings. The minimum Gasteiger partial charge on any atom is -0.462 e. The van der Waals surface area contributed by atoms with Crippen molar-refractivity contribution in [3.8, 4) is 0 Å². The van der Waals surface area contributed by atoms with Crippen LogP contribution < -0.4 is 11.5 Å². The molecule has 12 nitrogen and oxygen atoms in total. The number of ether oxygens (including phenoxy) is 2. The Bertz CT molecular complexity index is 1450. The summed E-state index contributed by atoms with van der Waals surface area (Å²) >= 11 is 4.03. The van der Waals surface area contributed by atoms with Gasteiger partial charge in [-0.3, -0.25) is 0 Å². The molecule has 0 saturated carbocycles. The fourth-order valence-electron chi connectivity index (χ4n) is 3.46. The number of hydrogen-bond acceptors (Lipinski definition) is 15. The highest BCUT2D eigenvalue weighted by atomic mass is 32.1. The van der Waals surface area contributed by atoms with E-state index in [0.717, 1.165) is 26.0 Å². The Labute approximate surface area is 247 Å². The molecule has 0 aromatic carbocycles. The molecule has 0 amide bonds. The van der Waals surface area contributed by atoms with E-state index in [0.29, 0.717) is 38.8 Å². The highest BCUT2D eigenvalue weighted by Gasteiger charge is 2.22. The van der Waals surface area contributed by atoms with E-state index in [9.17, 15) is 9.59 Å². The van der Waals surface area contributed by atoms with Crippen molar-refractivity contribution in [2.24, 2.45) is 9.98 Å². The third kappa shape index (κ3) is 9.71. The van der Waals surface area contributed by atoms with Gasteiger partial charge in [-0.2, -0.15) is 19.2 Å². The topological polar surface area (TPSA) is 198 Å². The van der Waals surface area contributed by atoms with Gasteiger partial charge < -0.3 is 20.9 Å². The molecule has 218 valence electrons. The summed E-state index contributed by atoms with van der Waals surface area (Å²) < 4.78 is 10.3. The largest absolute Gasteiger partial charge is 0.462 e. The highest BCUT2D eigenvalue weighted by Crippen LogP contribution is 2.35. The number of rotatable bonds is 10. The molecule has 0 spiro atoms. The van der Waals surface area contributed by atoms with Crippen LogP contribution in [0.15, 0.2) is 22.1 Å². The summed E-state index contributed by atoms with van der Waals surface area (Å²) in [5.41, 5.74) is 14.7. The number of nitrogen functional groups attached to an aromatic ring is 2. The van der Waals surface area contributed by atoms with Gasteiger partial charge in [0.25, 0.3) is 0 Å². The molecule has 0 saturated heterocycles. The lowest BCUT2D eigenvalue weighted by Gasteiger charge is -2.04. The second-order valence-corrected chi connectivity index (χ2v) is 10.5. The summed E-state index contributed by atoms with van der Waals surface area (Å²) in [6.45, 7) is 8.03. The minimum atomic E-state index is -0.409. The number of aliphatic imine (C=N–C) groups is 2. The molecule has 0 atom stereocenters. The second kappa shape index (κ2) is 18.2. The van der Waals surface area contributed by atoms with Crippen molar-refractivity contribution < 1.29 is 38.2 Å². The van der Waals surface area contributed by atoms with Crippen LogP contribution in [0.4, 0.5) is 20.0 Å². The standard InChI is InChI=1S/C24H28N4O4S3.2CO2/c1-5-13-15(33-22(26)20(13)24(30)32-8-4)11-27-17-9-10-18(35-17)28-12-16-19(23(29)31-7-3)14(6-2)21(25)34-16;2*2-1-3/h9-12H,5-8,25-26H2,1-4H3;;. The van der Waals surface area contributed by atoms with Crippen molar-refractivity contribution in [2.75, 3.05) is 24.7 Å². The van der Waals surface area contributed by atoms with Crippen LogP contribution in [0, 0.1) is 0 Å². The van der Waals surface area contributed by atoms with Gasteiger partial charge in [0.15, 0.2) is 0 Å². The Balaban J connectivity index is 0.00000129. The van der Waals surface area contributed by atoms with Crippen LogP contribution in [0.3, 0.4) is 0 Å². The van der Waals surface area contributed by atoms with Crippen LogP contribution in [-0.4, -0.2) is 49.9 Å². The number of anilines is 2. The number of hydrogen-bond donors (Lipinski definition) is 2. The van der Waals surface area contributed by atoms with Crippen molar-refractivity contribution >= 4 is 90.7 Å². The van der Waals surface area contributed by atoms with Gasteiger partial charge in [-0.15, -0.1) is 22.7 Å². The molecule has 15 heteroatoms. The molecule has 0 bridgehead atoms. The SMILES string of the molecule is CCOC(=O)c1c(N)sc(C=Nc2ccc(N=Cc3sc(N)c(CC)c3C(=O)OCC)s2)c1CC.O=C=O.O=C=O. The molecule has 0 aliphatic carbocycles. The summed E-state index contributed by atoms with van der Waals surface area (Å²) in [5.74, 6) is -0.799. The Kier molecular flexibility index (Phi) is 15.4. The van der Waals surface area contributed by atoms with Gasteiger partial charge >= 0.3 is 24.2 Å². The van der Waals surface area contributed by atoms with E-state index < -0.39 is 5.97 Å². The molecule has 3 aromatic heterocycles. The van der Waals surface area contributed by atoms with Gasteiger partial charge in [-0.25, -0.2) is 19.6 Å². The number of nitrogens with zero attached hydrogens (tertiary/aromatic N) is 2. The maximum Gasteiger partial charge on any atom is 0.373 e. The van der Waals surface area contributed by atoms with Gasteiger partial charge in [0, 0.05) is 18.0 Å². The van der Waals surface area contributed by atoms with E-state index in [1.165, 1.54) is 34.0 Å². The first-order valence-corrected chi connectivity index (χ1v) is 14.4. The van der Waals surface area contributed by atoms with Crippen LogP contribution in [0.5, 0.6) is 0 Å². The molecular formula is C26H28N4O8S3. The monoisotopic (exact) mass is 620 g/mol. The van der Waals surface area contributed by atoms with Crippen molar-refractivity contribution in [1.82, 2.24) is 0 Å². The normalized spacial score (nSPS) is 10.2. The zero-order valence-electron chi connectivity index (χ0n) is 22.7. The lowest BCUT2D eigenvalue weighted by Crippen LogP contribution is -2.08. The third-order valence-electron chi connectivity index (χ3n) is 4.99. The first-order valence-electron chi connectivity index (χ1n) is 12.0. The van der Waals surface area contributed by atoms with E-state index in [4.69, 9.17) is 40.1 Å². The maximum absolute atomic E-state index is 12.5. The molecule has 3 heterocycles. The Hall–Kier alpha value is -4.26. The highest BCUT2D eigenvalue weighted by molar-refractivity contribution is 7.20. The first kappa shape index (κ1) is 34.8. The zero-order chi connectivity index (χ0) is 30.9. The average Bonchev–Trinajstić information content (AvgIpc) is 3.61.